The van der Waals surface area contributed by atoms with Crippen LogP contribution in [0.5, 0.6) is 0 Å². The van der Waals surface area contributed by atoms with E-state index in [-0.39, 0.29) is 5.76 Å². The van der Waals surface area contributed by atoms with Crippen LogP contribution in [0.1, 0.15) is 0 Å². The van der Waals surface area contributed by atoms with Crippen molar-refractivity contribution in [2.45, 2.75) is 6.23 Å². The Kier molecular flexibility index (Phi) is 0.798. The number of fused-ring (bicyclic) bond motifs is 1. The van der Waals surface area contributed by atoms with Gasteiger partial charge in [0.2, 0.25) is 0 Å². The molecule has 0 aromatic carbocycles. The lowest BCUT2D eigenvalue weighted by Gasteiger charge is -2.02. The highest BCUT2D eigenvalue weighted by molar-refractivity contribution is 5.46. The van der Waals surface area contributed by atoms with E-state index in [1.54, 1.807) is 11.0 Å². The van der Waals surface area contributed by atoms with Crippen LogP contribution in [0.3, 0.4) is 0 Å². The van der Waals surface area contributed by atoms with E-state index in [1.807, 2.05) is 0 Å². The zero-order chi connectivity index (χ0) is 7.30. The van der Waals surface area contributed by atoms with Gasteiger partial charge in [-0.2, -0.15) is 0 Å². The molecule has 1 saturated heterocycles. The Bertz CT molecular complexity index is 265. The first-order valence-electron chi connectivity index (χ1n) is 2.98. The van der Waals surface area contributed by atoms with Crippen molar-refractivity contribution in [3.63, 3.8) is 0 Å². The Morgan fingerprint density at radius 3 is 2.90 bits per heavy atom. The Hall–Kier alpha value is -1.22. The normalized spacial score (nSPS) is 29.1. The molecule has 0 aromatic heterocycles. The average Bonchev–Trinajstić information content (AvgIpc) is 2.46. The maximum absolute atomic E-state index is 9.06. The molecule has 0 aliphatic carbocycles. The molecular weight excluding hydrogens is 130 g/mol. The van der Waals surface area contributed by atoms with Gasteiger partial charge in [-0.15, -0.1) is 0 Å². The van der Waals surface area contributed by atoms with Gasteiger partial charge in [0, 0.05) is 11.8 Å². The van der Waals surface area contributed by atoms with E-state index >= 15 is 0 Å². The Balaban J connectivity index is 2.37. The van der Waals surface area contributed by atoms with E-state index < -0.39 is 6.23 Å². The van der Waals surface area contributed by atoms with Crippen LogP contribution in [-0.2, 0) is 0 Å². The summed E-state index contributed by atoms with van der Waals surface area (Å²) in [6, 6.07) is 0. The van der Waals surface area contributed by atoms with Gasteiger partial charge in [0.25, 0.3) is 0 Å². The van der Waals surface area contributed by atoms with Gasteiger partial charge in [-0.25, -0.2) is 0 Å². The van der Waals surface area contributed by atoms with Crippen molar-refractivity contribution in [3.05, 3.63) is 35.9 Å². The van der Waals surface area contributed by atoms with E-state index in [0.29, 0.717) is 5.57 Å². The molecule has 10 heavy (non-hydrogen) atoms. The third-order valence-electron chi connectivity index (χ3n) is 1.67. The van der Waals surface area contributed by atoms with Crippen LogP contribution >= 0.6 is 0 Å². The summed E-state index contributed by atoms with van der Waals surface area (Å²) in [6.45, 7) is 3.57. The first-order chi connectivity index (χ1) is 4.70. The molecule has 1 atom stereocenters. The molecular formula is C7H7NO2. The fourth-order valence-electron chi connectivity index (χ4n) is 0.975. The standard InChI is InChI=1S/C7H7NO2/c1-4-2-5-7(10)8(5)3-6(4)9/h2-3,7,9-10H,1H2. The van der Waals surface area contributed by atoms with E-state index in [2.05, 4.69) is 6.58 Å². The molecule has 2 heterocycles. The fourth-order valence-corrected chi connectivity index (χ4v) is 0.975. The van der Waals surface area contributed by atoms with Gasteiger partial charge in [0.15, 0.2) is 6.23 Å². The van der Waals surface area contributed by atoms with Crippen molar-refractivity contribution in [2.24, 2.45) is 0 Å². The Morgan fingerprint density at radius 2 is 2.30 bits per heavy atom. The van der Waals surface area contributed by atoms with Gasteiger partial charge in [-0.1, -0.05) is 6.58 Å². The number of aliphatic hydroxyl groups excluding tert-OH is 2. The second-order valence-corrected chi connectivity index (χ2v) is 2.39. The van der Waals surface area contributed by atoms with E-state index in [4.69, 9.17) is 10.2 Å². The molecule has 3 heteroatoms. The smallest absolute Gasteiger partial charge is 0.172 e. The zero-order valence-electron chi connectivity index (χ0n) is 5.28. The third-order valence-corrected chi connectivity index (χ3v) is 1.67. The summed E-state index contributed by atoms with van der Waals surface area (Å²) in [4.78, 5) is 1.57. The van der Waals surface area contributed by atoms with Crippen LogP contribution in [0.4, 0.5) is 0 Å². The van der Waals surface area contributed by atoms with Crippen molar-refractivity contribution in [2.75, 3.05) is 0 Å². The highest BCUT2D eigenvalue weighted by Gasteiger charge is 2.40. The highest BCUT2D eigenvalue weighted by Crippen LogP contribution is 2.36. The maximum Gasteiger partial charge on any atom is 0.172 e. The lowest BCUT2D eigenvalue weighted by molar-refractivity contribution is 0.232. The van der Waals surface area contributed by atoms with Crippen LogP contribution in [-0.4, -0.2) is 21.3 Å². The second kappa shape index (κ2) is 1.44. The lowest BCUT2D eigenvalue weighted by atomic mass is 10.2. The van der Waals surface area contributed by atoms with Crippen molar-refractivity contribution in [3.8, 4) is 0 Å². The van der Waals surface area contributed by atoms with Crippen LogP contribution in [0.2, 0.25) is 0 Å². The van der Waals surface area contributed by atoms with Crippen molar-refractivity contribution < 1.29 is 10.2 Å². The van der Waals surface area contributed by atoms with Gasteiger partial charge in [0.05, 0.1) is 5.70 Å². The largest absolute Gasteiger partial charge is 0.506 e. The second-order valence-electron chi connectivity index (χ2n) is 2.39. The van der Waals surface area contributed by atoms with Gasteiger partial charge >= 0.3 is 0 Å². The predicted octanol–water partition coefficient (Wildman–Crippen LogP) is 0.473. The van der Waals surface area contributed by atoms with Gasteiger partial charge in [0.1, 0.15) is 5.76 Å². The minimum atomic E-state index is -0.526. The first kappa shape index (κ1) is 5.56. The van der Waals surface area contributed by atoms with E-state index in [9.17, 15) is 0 Å². The maximum atomic E-state index is 9.06. The van der Waals surface area contributed by atoms with Crippen LogP contribution < -0.4 is 0 Å². The summed E-state index contributed by atoms with van der Waals surface area (Å²) >= 11 is 0. The molecule has 2 rings (SSSR count). The Labute approximate surface area is 58.2 Å². The molecule has 2 aliphatic heterocycles. The Morgan fingerprint density at radius 1 is 1.60 bits per heavy atom. The van der Waals surface area contributed by atoms with Crippen LogP contribution in [0.25, 0.3) is 0 Å². The molecule has 1 unspecified atom stereocenters. The first-order valence-corrected chi connectivity index (χ1v) is 2.98. The minimum absolute atomic E-state index is 0.125. The number of hydrogen-bond donors (Lipinski definition) is 2. The predicted molar refractivity (Wildman–Crippen MR) is 35.8 cm³/mol. The van der Waals surface area contributed by atoms with Crippen LogP contribution in [0, 0.1) is 0 Å². The average molecular weight is 137 g/mol. The lowest BCUT2D eigenvalue weighted by Crippen LogP contribution is -1.95. The number of hydrogen-bond acceptors (Lipinski definition) is 3. The summed E-state index contributed by atoms with van der Waals surface area (Å²) in [5.41, 5.74) is 1.37. The minimum Gasteiger partial charge on any atom is -0.506 e. The summed E-state index contributed by atoms with van der Waals surface area (Å²) in [5.74, 6) is 0.125. The number of aliphatic hydroxyl groups is 2. The summed E-state index contributed by atoms with van der Waals surface area (Å²) < 4.78 is 0. The topological polar surface area (TPSA) is 43.5 Å². The monoisotopic (exact) mass is 137 g/mol. The molecule has 3 nitrogen and oxygen atoms in total. The summed E-state index contributed by atoms with van der Waals surface area (Å²) in [5, 5.41) is 18.1. The molecule has 52 valence electrons. The summed E-state index contributed by atoms with van der Waals surface area (Å²) in [6.07, 6.45) is 2.61. The van der Waals surface area contributed by atoms with E-state index in [0.717, 1.165) is 5.70 Å². The summed E-state index contributed by atoms with van der Waals surface area (Å²) in [7, 11) is 0. The van der Waals surface area contributed by atoms with Crippen molar-refractivity contribution >= 4 is 0 Å². The number of nitrogens with zero attached hydrogens (tertiary/aromatic N) is 1. The van der Waals surface area contributed by atoms with Gasteiger partial charge in [-0.05, 0) is 6.08 Å². The van der Waals surface area contributed by atoms with Crippen molar-refractivity contribution in [1.82, 2.24) is 4.90 Å². The molecule has 0 saturated carbocycles. The molecule has 2 aliphatic rings. The SMILES string of the molecule is C=C1C=C2C(O)N2C=C1O. The third kappa shape index (κ3) is 0.525. The molecule has 2 N–H and O–H groups in total. The quantitative estimate of drug-likeness (QED) is 0.477. The van der Waals surface area contributed by atoms with Crippen LogP contribution in [0.15, 0.2) is 35.9 Å². The molecule has 0 radical (unpaired) electrons. The van der Waals surface area contributed by atoms with E-state index in [1.165, 1.54) is 6.20 Å². The number of rotatable bonds is 0. The molecule has 0 bridgehead atoms. The molecule has 0 spiro atoms. The number of allylic oxidation sites excluding steroid dienone is 1. The fraction of sp³-hybridized carbons (Fsp3) is 0.143. The molecule has 0 amide bonds. The van der Waals surface area contributed by atoms with Gasteiger partial charge in [-0.3, -0.25) is 0 Å². The van der Waals surface area contributed by atoms with Crippen molar-refractivity contribution in [1.29, 1.82) is 0 Å². The molecule has 1 fully saturated rings. The molecule has 0 aromatic rings. The van der Waals surface area contributed by atoms with Gasteiger partial charge < -0.3 is 15.1 Å². The highest BCUT2D eigenvalue weighted by atomic mass is 16.3. The zero-order valence-corrected chi connectivity index (χ0v) is 5.28.